The fraction of sp³-hybridized carbons (Fsp3) is 0.333. The third-order valence-electron chi connectivity index (χ3n) is 5.08. The zero-order valence-corrected chi connectivity index (χ0v) is 20.1. The predicted molar refractivity (Wildman–Crippen MR) is 132 cm³/mol. The van der Waals surface area contributed by atoms with Crippen LogP contribution in [0.5, 0.6) is 0 Å². The van der Waals surface area contributed by atoms with Crippen molar-refractivity contribution >= 4 is 67.0 Å². The molecular formula is C21H20N4O2S4. The number of thioether (sulfide) groups is 1. The molecule has 4 aromatic heterocycles. The van der Waals surface area contributed by atoms with Crippen LogP contribution in [-0.2, 0) is 23.4 Å². The Morgan fingerprint density at radius 3 is 3.00 bits per heavy atom. The van der Waals surface area contributed by atoms with Crippen molar-refractivity contribution in [3.8, 4) is 10.6 Å². The van der Waals surface area contributed by atoms with Gasteiger partial charge in [0, 0.05) is 27.3 Å². The van der Waals surface area contributed by atoms with Gasteiger partial charge < -0.3 is 10.3 Å². The minimum absolute atomic E-state index is 0.0294. The summed E-state index contributed by atoms with van der Waals surface area (Å²) in [6, 6.07) is 4.12. The van der Waals surface area contributed by atoms with Crippen LogP contribution in [0.25, 0.3) is 20.8 Å². The monoisotopic (exact) mass is 488 g/mol. The molecule has 160 valence electrons. The molecule has 5 rings (SSSR count). The highest BCUT2D eigenvalue weighted by Crippen LogP contribution is 2.34. The smallest absolute Gasteiger partial charge is 0.259 e. The van der Waals surface area contributed by atoms with E-state index in [2.05, 4.69) is 39.3 Å². The number of rotatable bonds is 7. The summed E-state index contributed by atoms with van der Waals surface area (Å²) in [6.45, 7) is 2.07. The number of thiazole rings is 1. The first-order valence-electron chi connectivity index (χ1n) is 10.00. The van der Waals surface area contributed by atoms with Gasteiger partial charge in [-0.3, -0.25) is 9.59 Å². The number of carbonyl (C=O) groups excluding carboxylic acids is 1. The van der Waals surface area contributed by atoms with Crippen LogP contribution in [0.1, 0.15) is 34.0 Å². The van der Waals surface area contributed by atoms with E-state index in [0.29, 0.717) is 28.9 Å². The maximum Gasteiger partial charge on any atom is 0.259 e. The second-order valence-corrected chi connectivity index (χ2v) is 11.7. The maximum absolute atomic E-state index is 12.5. The van der Waals surface area contributed by atoms with Gasteiger partial charge in [-0.1, -0.05) is 0 Å². The van der Waals surface area contributed by atoms with Gasteiger partial charge in [0.05, 0.1) is 21.7 Å². The van der Waals surface area contributed by atoms with Crippen LogP contribution in [0.15, 0.2) is 22.3 Å². The molecule has 0 saturated heterocycles. The second-order valence-electron chi connectivity index (χ2n) is 7.35. The molecule has 2 N–H and O–H groups in total. The van der Waals surface area contributed by atoms with Gasteiger partial charge in [-0.25, -0.2) is 9.97 Å². The van der Waals surface area contributed by atoms with E-state index in [1.165, 1.54) is 26.7 Å². The van der Waals surface area contributed by atoms with Gasteiger partial charge in [0.25, 0.3) is 5.56 Å². The van der Waals surface area contributed by atoms with Crippen LogP contribution in [0.3, 0.4) is 0 Å². The van der Waals surface area contributed by atoms with Crippen molar-refractivity contribution in [2.75, 3.05) is 11.1 Å². The number of aryl methyl sites for hydroxylation is 3. The first kappa shape index (κ1) is 20.9. The standard InChI is InChI=1S/C21H20N4O2S4/c1-11-5-6-15(30-11)13-9-29-21(22-13)25-17(26)7-8-28-10-16-23-19(27)18-12-3-2-4-14(12)31-20(18)24-16/h5-6,9H,2-4,7-8,10H2,1H3,(H,22,25,26)(H,23,24,27). The van der Waals surface area contributed by atoms with Gasteiger partial charge in [0.2, 0.25) is 5.91 Å². The molecule has 0 unspecified atom stereocenters. The van der Waals surface area contributed by atoms with Crippen molar-refractivity contribution in [1.82, 2.24) is 15.0 Å². The van der Waals surface area contributed by atoms with Crippen molar-refractivity contribution in [1.29, 1.82) is 0 Å². The van der Waals surface area contributed by atoms with E-state index in [1.54, 1.807) is 34.4 Å². The van der Waals surface area contributed by atoms with E-state index >= 15 is 0 Å². The molecule has 0 aliphatic heterocycles. The number of aromatic amines is 1. The predicted octanol–water partition coefficient (Wildman–Crippen LogP) is 5.23. The molecule has 4 aromatic rings. The first-order valence-corrected chi connectivity index (χ1v) is 13.7. The van der Waals surface area contributed by atoms with E-state index in [-0.39, 0.29) is 11.5 Å². The molecular weight excluding hydrogens is 469 g/mol. The zero-order valence-electron chi connectivity index (χ0n) is 16.8. The summed E-state index contributed by atoms with van der Waals surface area (Å²) in [5.41, 5.74) is 2.07. The molecule has 0 radical (unpaired) electrons. The summed E-state index contributed by atoms with van der Waals surface area (Å²) in [7, 11) is 0. The fourth-order valence-electron chi connectivity index (χ4n) is 3.65. The molecule has 31 heavy (non-hydrogen) atoms. The Balaban J connectivity index is 1.13. The zero-order chi connectivity index (χ0) is 21.4. The Labute approximate surface area is 195 Å². The molecule has 1 amide bonds. The number of H-pyrrole nitrogens is 1. The highest BCUT2D eigenvalue weighted by Gasteiger charge is 2.21. The van der Waals surface area contributed by atoms with E-state index in [4.69, 9.17) is 0 Å². The lowest BCUT2D eigenvalue weighted by Gasteiger charge is -2.03. The lowest BCUT2D eigenvalue weighted by Crippen LogP contribution is -2.13. The van der Waals surface area contributed by atoms with E-state index in [9.17, 15) is 9.59 Å². The molecule has 6 nitrogen and oxygen atoms in total. The summed E-state index contributed by atoms with van der Waals surface area (Å²) >= 11 is 6.38. The van der Waals surface area contributed by atoms with Crippen molar-refractivity contribution < 1.29 is 4.79 Å². The number of carbonyl (C=O) groups is 1. The maximum atomic E-state index is 12.5. The van der Waals surface area contributed by atoms with E-state index in [0.717, 1.165) is 40.1 Å². The lowest BCUT2D eigenvalue weighted by atomic mass is 10.2. The van der Waals surface area contributed by atoms with Crippen molar-refractivity contribution in [3.63, 3.8) is 0 Å². The van der Waals surface area contributed by atoms with Crippen molar-refractivity contribution in [2.45, 2.75) is 38.4 Å². The summed E-state index contributed by atoms with van der Waals surface area (Å²) < 4.78 is 0. The topological polar surface area (TPSA) is 87.7 Å². The molecule has 0 atom stereocenters. The van der Waals surface area contributed by atoms with Crippen LogP contribution in [0.4, 0.5) is 5.13 Å². The largest absolute Gasteiger partial charge is 0.309 e. The van der Waals surface area contributed by atoms with Crippen molar-refractivity contribution in [2.24, 2.45) is 0 Å². The Hall–Kier alpha value is -2.01. The average Bonchev–Trinajstić information content (AvgIpc) is 3.49. The number of nitrogens with zero attached hydrogens (tertiary/aromatic N) is 2. The summed E-state index contributed by atoms with van der Waals surface area (Å²) in [4.78, 5) is 41.4. The highest BCUT2D eigenvalue weighted by molar-refractivity contribution is 7.98. The second kappa shape index (κ2) is 8.85. The van der Waals surface area contributed by atoms with Gasteiger partial charge in [-0.15, -0.1) is 34.0 Å². The minimum atomic E-state index is -0.0534. The van der Waals surface area contributed by atoms with Gasteiger partial charge in [-0.2, -0.15) is 11.8 Å². The van der Waals surface area contributed by atoms with Gasteiger partial charge >= 0.3 is 0 Å². The normalized spacial score (nSPS) is 13.1. The third-order valence-corrected chi connectivity index (χ3v) is 9.02. The first-order chi connectivity index (χ1) is 15.1. The summed E-state index contributed by atoms with van der Waals surface area (Å²) in [5.74, 6) is 1.86. The number of nitrogens with one attached hydrogen (secondary N) is 2. The number of fused-ring (bicyclic) bond motifs is 3. The number of amides is 1. The Kier molecular flexibility index (Phi) is 5.96. The number of aromatic nitrogens is 3. The van der Waals surface area contributed by atoms with Gasteiger partial charge in [0.1, 0.15) is 10.7 Å². The molecule has 4 heterocycles. The van der Waals surface area contributed by atoms with Gasteiger partial charge in [0.15, 0.2) is 5.13 Å². The van der Waals surface area contributed by atoms with Crippen LogP contribution < -0.4 is 10.9 Å². The molecule has 0 fully saturated rings. The molecule has 0 aromatic carbocycles. The van der Waals surface area contributed by atoms with Crippen molar-refractivity contribution in [3.05, 3.63) is 49.0 Å². The Bertz CT molecular complexity index is 1320. The molecule has 10 heteroatoms. The van der Waals surface area contributed by atoms with Crippen LogP contribution >= 0.6 is 45.8 Å². The SMILES string of the molecule is Cc1ccc(-c2csc(NC(=O)CCSCc3nc4sc5c(c4c(=O)[nH]3)CCC5)n2)s1. The Morgan fingerprint density at radius 2 is 2.16 bits per heavy atom. The van der Waals surface area contributed by atoms with E-state index in [1.807, 2.05) is 5.38 Å². The lowest BCUT2D eigenvalue weighted by molar-refractivity contribution is -0.115. The van der Waals surface area contributed by atoms with Gasteiger partial charge in [-0.05, 0) is 43.9 Å². The molecule has 0 bridgehead atoms. The quantitative estimate of drug-likeness (QED) is 0.348. The number of hydrogen-bond donors (Lipinski definition) is 2. The van der Waals surface area contributed by atoms with Crippen LogP contribution in [-0.4, -0.2) is 26.6 Å². The minimum Gasteiger partial charge on any atom is -0.309 e. The number of thiophene rings is 2. The molecule has 0 saturated carbocycles. The molecule has 1 aliphatic rings. The van der Waals surface area contributed by atoms with E-state index < -0.39 is 0 Å². The van der Waals surface area contributed by atoms with Crippen LogP contribution in [0.2, 0.25) is 0 Å². The fourth-order valence-corrected chi connectivity index (χ4v) is 7.36. The average molecular weight is 489 g/mol. The highest BCUT2D eigenvalue weighted by atomic mass is 32.2. The number of hydrogen-bond acceptors (Lipinski definition) is 8. The Morgan fingerprint density at radius 1 is 1.26 bits per heavy atom. The summed E-state index contributed by atoms with van der Waals surface area (Å²) in [5, 5.41) is 6.25. The van der Waals surface area contributed by atoms with Crippen LogP contribution in [0, 0.1) is 6.92 Å². The molecule has 1 aliphatic carbocycles. The number of anilines is 1. The third kappa shape index (κ3) is 4.48. The molecule has 0 spiro atoms. The summed E-state index contributed by atoms with van der Waals surface area (Å²) in [6.07, 6.45) is 3.56.